The molecule has 18 heavy (non-hydrogen) atoms. The highest BCUT2D eigenvalue weighted by Crippen LogP contribution is 2.24. The van der Waals surface area contributed by atoms with Gasteiger partial charge >= 0.3 is 0 Å². The van der Waals surface area contributed by atoms with Crippen LogP contribution in [0.4, 0.5) is 0 Å². The van der Waals surface area contributed by atoms with E-state index in [4.69, 9.17) is 0 Å². The summed E-state index contributed by atoms with van der Waals surface area (Å²) in [5.74, 6) is 0.812. The van der Waals surface area contributed by atoms with Gasteiger partial charge in [0.05, 0.1) is 0 Å². The average Bonchev–Trinajstić information content (AvgIpc) is 2.30. The standard InChI is InChI=1S/C15H20BrNO/c1-10-6-11(2)8-13(7-10)15(18)17-5-4-12(3)14(16)9-17/h6-8,12,14H,4-5,9H2,1-3H3. The lowest BCUT2D eigenvalue weighted by molar-refractivity contribution is 0.0706. The normalized spacial score (nSPS) is 24.1. The molecule has 98 valence electrons. The topological polar surface area (TPSA) is 20.3 Å². The van der Waals surface area contributed by atoms with Gasteiger partial charge in [0.25, 0.3) is 5.91 Å². The number of carbonyl (C=O) groups excluding carboxylic acids is 1. The minimum Gasteiger partial charge on any atom is -0.338 e. The van der Waals surface area contributed by atoms with Crippen LogP contribution in [0, 0.1) is 19.8 Å². The molecule has 2 rings (SSSR count). The molecular formula is C15H20BrNO. The first kappa shape index (κ1) is 13.6. The number of halogens is 1. The lowest BCUT2D eigenvalue weighted by atomic mass is 9.98. The Bertz CT molecular complexity index is 438. The van der Waals surface area contributed by atoms with Gasteiger partial charge in [-0.15, -0.1) is 0 Å². The second-order valence-corrected chi connectivity index (χ2v) is 6.59. The van der Waals surface area contributed by atoms with E-state index in [0.717, 1.165) is 36.2 Å². The van der Waals surface area contributed by atoms with Crippen LogP contribution in [-0.4, -0.2) is 28.7 Å². The molecule has 2 nitrogen and oxygen atoms in total. The Morgan fingerprint density at radius 3 is 2.44 bits per heavy atom. The number of amides is 1. The van der Waals surface area contributed by atoms with Crippen LogP contribution in [-0.2, 0) is 0 Å². The van der Waals surface area contributed by atoms with Crippen molar-refractivity contribution in [3.8, 4) is 0 Å². The van der Waals surface area contributed by atoms with E-state index in [0.29, 0.717) is 10.7 Å². The Morgan fingerprint density at radius 1 is 1.28 bits per heavy atom. The number of rotatable bonds is 1. The Morgan fingerprint density at radius 2 is 1.89 bits per heavy atom. The molecule has 1 aromatic carbocycles. The molecule has 1 aromatic rings. The highest BCUT2D eigenvalue weighted by Gasteiger charge is 2.27. The summed E-state index contributed by atoms with van der Waals surface area (Å²) in [7, 11) is 0. The molecule has 1 saturated heterocycles. The molecule has 0 aliphatic carbocycles. The molecule has 0 saturated carbocycles. The number of aryl methyl sites for hydroxylation is 2. The summed E-state index contributed by atoms with van der Waals surface area (Å²) in [6, 6.07) is 6.07. The minimum absolute atomic E-state index is 0.165. The third-order valence-corrected chi connectivity index (χ3v) is 4.81. The SMILES string of the molecule is Cc1cc(C)cc(C(=O)N2CCC(C)C(Br)C2)c1. The first-order chi connectivity index (χ1) is 8.47. The molecule has 0 radical (unpaired) electrons. The Kier molecular flexibility index (Phi) is 4.10. The molecule has 1 amide bonds. The number of piperidine rings is 1. The number of hydrogen-bond acceptors (Lipinski definition) is 1. The summed E-state index contributed by atoms with van der Waals surface area (Å²) in [4.78, 5) is 14.8. The van der Waals surface area contributed by atoms with E-state index >= 15 is 0 Å². The van der Waals surface area contributed by atoms with Crippen molar-refractivity contribution in [3.63, 3.8) is 0 Å². The van der Waals surface area contributed by atoms with Gasteiger partial charge in [0.15, 0.2) is 0 Å². The smallest absolute Gasteiger partial charge is 0.253 e. The van der Waals surface area contributed by atoms with E-state index in [1.54, 1.807) is 0 Å². The van der Waals surface area contributed by atoms with Crippen molar-refractivity contribution in [1.82, 2.24) is 4.90 Å². The number of hydrogen-bond donors (Lipinski definition) is 0. The van der Waals surface area contributed by atoms with Gasteiger partial charge in [0.2, 0.25) is 0 Å². The molecule has 2 atom stereocenters. The van der Waals surface area contributed by atoms with Crippen molar-refractivity contribution in [2.24, 2.45) is 5.92 Å². The second kappa shape index (κ2) is 5.43. The van der Waals surface area contributed by atoms with E-state index in [-0.39, 0.29) is 5.91 Å². The zero-order valence-corrected chi connectivity index (χ0v) is 12.8. The molecule has 0 N–H and O–H groups in total. The third kappa shape index (κ3) is 2.94. The first-order valence-electron chi connectivity index (χ1n) is 6.49. The molecule has 1 fully saturated rings. The lowest BCUT2D eigenvalue weighted by Crippen LogP contribution is -2.43. The average molecular weight is 310 g/mol. The number of alkyl halides is 1. The quantitative estimate of drug-likeness (QED) is 0.727. The molecule has 0 bridgehead atoms. The Hall–Kier alpha value is -0.830. The van der Waals surface area contributed by atoms with E-state index < -0.39 is 0 Å². The Labute approximate surface area is 117 Å². The van der Waals surface area contributed by atoms with Gasteiger partial charge in [-0.3, -0.25) is 4.79 Å². The maximum absolute atomic E-state index is 12.5. The molecule has 1 aliphatic rings. The maximum atomic E-state index is 12.5. The monoisotopic (exact) mass is 309 g/mol. The third-order valence-electron chi connectivity index (χ3n) is 3.62. The van der Waals surface area contributed by atoms with Gasteiger partial charge in [-0.2, -0.15) is 0 Å². The molecule has 1 heterocycles. The van der Waals surface area contributed by atoms with Crippen LogP contribution in [0.25, 0.3) is 0 Å². The van der Waals surface area contributed by atoms with Crippen LogP contribution in [0.2, 0.25) is 0 Å². The highest BCUT2D eigenvalue weighted by atomic mass is 79.9. The van der Waals surface area contributed by atoms with Crippen LogP contribution >= 0.6 is 15.9 Å². The molecule has 1 aliphatic heterocycles. The number of likely N-dealkylation sites (tertiary alicyclic amines) is 1. The maximum Gasteiger partial charge on any atom is 0.253 e. The van der Waals surface area contributed by atoms with Gasteiger partial charge in [0.1, 0.15) is 0 Å². The van der Waals surface area contributed by atoms with E-state index in [2.05, 4.69) is 28.9 Å². The number of carbonyl (C=O) groups is 1. The van der Waals surface area contributed by atoms with E-state index in [1.165, 1.54) is 0 Å². The van der Waals surface area contributed by atoms with Crippen LogP contribution in [0.15, 0.2) is 18.2 Å². The molecular weight excluding hydrogens is 290 g/mol. The summed E-state index contributed by atoms with van der Waals surface area (Å²) < 4.78 is 0. The summed E-state index contributed by atoms with van der Waals surface area (Å²) in [5, 5.41) is 0. The van der Waals surface area contributed by atoms with Crippen molar-refractivity contribution >= 4 is 21.8 Å². The van der Waals surface area contributed by atoms with E-state index in [9.17, 15) is 4.79 Å². The summed E-state index contributed by atoms with van der Waals surface area (Å²) in [6.45, 7) is 7.99. The fourth-order valence-electron chi connectivity index (χ4n) is 2.49. The summed E-state index contributed by atoms with van der Waals surface area (Å²) in [5.41, 5.74) is 3.12. The van der Waals surface area contributed by atoms with Gasteiger partial charge in [-0.1, -0.05) is 40.0 Å². The first-order valence-corrected chi connectivity index (χ1v) is 7.40. The predicted molar refractivity (Wildman–Crippen MR) is 78.3 cm³/mol. The lowest BCUT2D eigenvalue weighted by Gasteiger charge is -2.34. The van der Waals surface area contributed by atoms with Crippen LogP contribution in [0.3, 0.4) is 0 Å². The Balaban J connectivity index is 2.16. The van der Waals surface area contributed by atoms with Crippen molar-refractivity contribution in [1.29, 1.82) is 0 Å². The minimum atomic E-state index is 0.165. The molecule has 0 spiro atoms. The van der Waals surface area contributed by atoms with Crippen LogP contribution in [0.1, 0.15) is 34.8 Å². The van der Waals surface area contributed by atoms with Gasteiger partial charge in [0, 0.05) is 23.5 Å². The fourth-order valence-corrected chi connectivity index (χ4v) is 3.10. The zero-order valence-electron chi connectivity index (χ0n) is 11.2. The molecule has 0 aromatic heterocycles. The van der Waals surface area contributed by atoms with Gasteiger partial charge in [-0.25, -0.2) is 0 Å². The van der Waals surface area contributed by atoms with Gasteiger partial charge < -0.3 is 4.90 Å². The number of nitrogens with zero attached hydrogens (tertiary/aromatic N) is 1. The van der Waals surface area contributed by atoms with E-state index in [1.807, 2.05) is 30.9 Å². The summed E-state index contributed by atoms with van der Waals surface area (Å²) in [6.07, 6.45) is 1.08. The number of benzene rings is 1. The van der Waals surface area contributed by atoms with Crippen molar-refractivity contribution < 1.29 is 4.79 Å². The second-order valence-electron chi connectivity index (χ2n) is 5.41. The molecule has 2 unspecified atom stereocenters. The largest absolute Gasteiger partial charge is 0.338 e. The van der Waals surface area contributed by atoms with Crippen LogP contribution < -0.4 is 0 Å². The zero-order chi connectivity index (χ0) is 13.3. The van der Waals surface area contributed by atoms with Crippen molar-refractivity contribution in [2.75, 3.05) is 13.1 Å². The highest BCUT2D eigenvalue weighted by molar-refractivity contribution is 9.09. The predicted octanol–water partition coefficient (Wildman–Crippen LogP) is 3.55. The fraction of sp³-hybridized carbons (Fsp3) is 0.533. The van der Waals surface area contributed by atoms with Crippen molar-refractivity contribution in [2.45, 2.75) is 32.0 Å². The van der Waals surface area contributed by atoms with Crippen molar-refractivity contribution in [3.05, 3.63) is 34.9 Å². The summed E-state index contributed by atoms with van der Waals surface area (Å²) >= 11 is 3.67. The van der Waals surface area contributed by atoms with Crippen LogP contribution in [0.5, 0.6) is 0 Å². The van der Waals surface area contributed by atoms with Gasteiger partial charge in [-0.05, 0) is 38.3 Å². The molecule has 3 heteroatoms.